The number of amides is 1. The van der Waals surface area contributed by atoms with Gasteiger partial charge in [-0.25, -0.2) is 9.78 Å². The third-order valence-corrected chi connectivity index (χ3v) is 5.90. The lowest BCUT2D eigenvalue weighted by Gasteiger charge is -2.37. The van der Waals surface area contributed by atoms with E-state index in [2.05, 4.69) is 4.98 Å². The smallest absolute Gasteiger partial charge is 0.409 e. The molecule has 0 aromatic carbocycles. The predicted molar refractivity (Wildman–Crippen MR) is 97.2 cm³/mol. The van der Waals surface area contributed by atoms with Gasteiger partial charge in [0.1, 0.15) is 16.6 Å². The summed E-state index contributed by atoms with van der Waals surface area (Å²) >= 11 is 1.51. The first kappa shape index (κ1) is 17.7. The Balaban J connectivity index is 1.67. The number of carbonyl (C=O) groups is 1. The molecular formula is C17H24N4O3S. The highest BCUT2D eigenvalue weighted by Crippen LogP contribution is 2.34. The predicted octanol–water partition coefficient (Wildman–Crippen LogP) is 2.94. The maximum atomic E-state index is 11.8. The van der Waals surface area contributed by atoms with Crippen LogP contribution in [0.15, 0.2) is 5.76 Å². The Morgan fingerprint density at radius 1 is 1.40 bits per heavy atom. The van der Waals surface area contributed by atoms with Gasteiger partial charge in [0, 0.05) is 24.0 Å². The summed E-state index contributed by atoms with van der Waals surface area (Å²) in [4.78, 5) is 21.0. The van der Waals surface area contributed by atoms with Crippen molar-refractivity contribution in [2.45, 2.75) is 39.7 Å². The van der Waals surface area contributed by atoms with Crippen LogP contribution in [0.4, 0.5) is 4.79 Å². The SMILES string of the molecule is CCOC(=O)N1CCC(N2CC(O)=C(c3nc(C)c(C)s3)C2=N)CC1. The van der Waals surface area contributed by atoms with Crippen molar-refractivity contribution in [1.82, 2.24) is 14.8 Å². The number of carbonyl (C=O) groups excluding carboxylic acids is 1. The molecule has 0 spiro atoms. The lowest BCUT2D eigenvalue weighted by atomic mass is 10.0. The van der Waals surface area contributed by atoms with Gasteiger partial charge in [0.05, 0.1) is 24.4 Å². The number of nitrogens with one attached hydrogen (secondary N) is 1. The van der Waals surface area contributed by atoms with E-state index in [1.54, 1.807) is 11.8 Å². The number of amidine groups is 1. The summed E-state index contributed by atoms with van der Waals surface area (Å²) in [7, 11) is 0. The molecule has 1 aromatic rings. The molecule has 3 rings (SSSR count). The van der Waals surface area contributed by atoms with E-state index in [1.165, 1.54) is 11.3 Å². The maximum absolute atomic E-state index is 11.8. The van der Waals surface area contributed by atoms with Crippen LogP contribution in [0.5, 0.6) is 0 Å². The largest absolute Gasteiger partial charge is 0.510 e. The summed E-state index contributed by atoms with van der Waals surface area (Å²) < 4.78 is 5.04. The highest BCUT2D eigenvalue weighted by molar-refractivity contribution is 7.13. The average molecular weight is 364 g/mol. The third-order valence-electron chi connectivity index (χ3n) is 4.81. The molecule has 1 fully saturated rings. The Labute approximate surface area is 151 Å². The van der Waals surface area contributed by atoms with E-state index in [4.69, 9.17) is 10.1 Å². The lowest BCUT2D eigenvalue weighted by molar-refractivity contribution is 0.0876. The zero-order chi connectivity index (χ0) is 18.1. The number of hydrogen-bond donors (Lipinski definition) is 2. The quantitative estimate of drug-likeness (QED) is 0.861. The van der Waals surface area contributed by atoms with Gasteiger partial charge in [0.25, 0.3) is 0 Å². The molecule has 0 bridgehead atoms. The van der Waals surface area contributed by atoms with Gasteiger partial charge >= 0.3 is 6.09 Å². The topological polar surface area (TPSA) is 89.8 Å². The highest BCUT2D eigenvalue weighted by atomic mass is 32.1. The van der Waals surface area contributed by atoms with Gasteiger partial charge in [0.2, 0.25) is 0 Å². The maximum Gasteiger partial charge on any atom is 0.409 e. The Bertz CT molecular complexity index is 700. The van der Waals surface area contributed by atoms with Gasteiger partial charge in [-0.1, -0.05) is 0 Å². The molecule has 2 aliphatic heterocycles. The van der Waals surface area contributed by atoms with Crippen molar-refractivity contribution in [3.05, 3.63) is 21.3 Å². The van der Waals surface area contributed by atoms with E-state index in [0.29, 0.717) is 42.7 Å². The lowest BCUT2D eigenvalue weighted by Crippen LogP contribution is -2.47. The van der Waals surface area contributed by atoms with E-state index < -0.39 is 0 Å². The molecule has 0 saturated carbocycles. The fourth-order valence-electron chi connectivity index (χ4n) is 3.29. The van der Waals surface area contributed by atoms with Crippen LogP contribution in [0.1, 0.15) is 35.3 Å². The number of likely N-dealkylation sites (tertiary alicyclic amines) is 1. The number of hydrogen-bond acceptors (Lipinski definition) is 6. The number of aliphatic hydroxyl groups is 1. The molecule has 136 valence electrons. The van der Waals surface area contributed by atoms with Gasteiger partial charge < -0.3 is 19.6 Å². The first-order valence-electron chi connectivity index (χ1n) is 8.56. The molecule has 0 radical (unpaired) electrons. The normalized spacial score (nSPS) is 19.1. The Morgan fingerprint density at radius 3 is 2.64 bits per heavy atom. The summed E-state index contributed by atoms with van der Waals surface area (Å²) in [5.74, 6) is 0.549. The Hall–Kier alpha value is -2.09. The van der Waals surface area contributed by atoms with Crippen LogP contribution in [0.3, 0.4) is 0 Å². The summed E-state index contributed by atoms with van der Waals surface area (Å²) in [6.45, 7) is 7.68. The molecule has 1 aromatic heterocycles. The van der Waals surface area contributed by atoms with Crippen molar-refractivity contribution < 1.29 is 14.6 Å². The van der Waals surface area contributed by atoms with Crippen LogP contribution in [0.25, 0.3) is 5.57 Å². The van der Waals surface area contributed by atoms with E-state index in [9.17, 15) is 9.90 Å². The molecule has 0 atom stereocenters. The Kier molecular flexibility index (Phi) is 4.99. The first-order valence-corrected chi connectivity index (χ1v) is 9.37. The van der Waals surface area contributed by atoms with E-state index in [-0.39, 0.29) is 17.9 Å². The molecule has 0 aliphatic carbocycles. The van der Waals surface area contributed by atoms with Crippen molar-refractivity contribution >= 4 is 28.8 Å². The minimum absolute atomic E-state index is 0.139. The molecule has 1 amide bonds. The zero-order valence-electron chi connectivity index (χ0n) is 14.8. The molecule has 2 N–H and O–H groups in total. The number of rotatable bonds is 3. The second kappa shape index (κ2) is 7.03. The summed E-state index contributed by atoms with van der Waals surface area (Å²) in [6, 6.07) is 0.139. The van der Waals surface area contributed by atoms with Gasteiger partial charge in [-0.2, -0.15) is 0 Å². The van der Waals surface area contributed by atoms with Gasteiger partial charge in [-0.05, 0) is 33.6 Å². The fourth-order valence-corrected chi connectivity index (χ4v) is 4.27. The molecule has 3 heterocycles. The van der Waals surface area contributed by atoms with Crippen molar-refractivity contribution in [1.29, 1.82) is 5.41 Å². The number of ether oxygens (including phenoxy) is 1. The highest BCUT2D eigenvalue weighted by Gasteiger charge is 2.36. The summed E-state index contributed by atoms with van der Waals surface area (Å²) in [6.07, 6.45) is 1.25. The number of aromatic nitrogens is 1. The van der Waals surface area contributed by atoms with Crippen LogP contribution >= 0.6 is 11.3 Å². The van der Waals surface area contributed by atoms with Gasteiger partial charge in [-0.3, -0.25) is 5.41 Å². The monoisotopic (exact) mass is 364 g/mol. The number of aryl methyl sites for hydroxylation is 2. The summed E-state index contributed by atoms with van der Waals surface area (Å²) in [5.41, 5.74) is 1.49. The number of nitrogens with zero attached hydrogens (tertiary/aromatic N) is 3. The number of aliphatic hydroxyl groups excluding tert-OH is 1. The first-order chi connectivity index (χ1) is 11.9. The van der Waals surface area contributed by atoms with Crippen LogP contribution < -0.4 is 0 Å². The van der Waals surface area contributed by atoms with Crippen LogP contribution in [-0.4, -0.2) is 64.1 Å². The number of piperidine rings is 1. The summed E-state index contributed by atoms with van der Waals surface area (Å²) in [5, 5.41) is 19.6. The molecule has 1 saturated heterocycles. The van der Waals surface area contributed by atoms with Crippen molar-refractivity contribution in [2.24, 2.45) is 0 Å². The van der Waals surface area contributed by atoms with Crippen molar-refractivity contribution in [3.63, 3.8) is 0 Å². The van der Waals surface area contributed by atoms with Crippen molar-refractivity contribution in [3.8, 4) is 0 Å². The van der Waals surface area contributed by atoms with Gasteiger partial charge in [0.15, 0.2) is 0 Å². The molecule has 7 nitrogen and oxygen atoms in total. The molecule has 2 aliphatic rings. The molecule has 25 heavy (non-hydrogen) atoms. The van der Waals surface area contributed by atoms with Gasteiger partial charge in [-0.15, -0.1) is 11.3 Å². The van der Waals surface area contributed by atoms with Crippen molar-refractivity contribution in [2.75, 3.05) is 26.2 Å². The minimum Gasteiger partial charge on any atom is -0.510 e. The second-order valence-electron chi connectivity index (χ2n) is 6.38. The molecular weight excluding hydrogens is 340 g/mol. The fraction of sp³-hybridized carbons (Fsp3) is 0.588. The zero-order valence-corrected chi connectivity index (χ0v) is 15.7. The molecule has 8 heteroatoms. The van der Waals surface area contributed by atoms with Crippen LogP contribution in [-0.2, 0) is 4.74 Å². The minimum atomic E-state index is -0.271. The van der Waals surface area contributed by atoms with E-state index in [1.807, 2.05) is 18.7 Å². The Morgan fingerprint density at radius 2 is 2.08 bits per heavy atom. The average Bonchev–Trinajstić information content (AvgIpc) is 3.06. The van der Waals surface area contributed by atoms with E-state index >= 15 is 0 Å². The molecule has 0 unspecified atom stereocenters. The number of thiazole rings is 1. The third kappa shape index (κ3) is 3.35. The van der Waals surface area contributed by atoms with Crippen LogP contribution in [0, 0.1) is 19.3 Å². The standard InChI is InChI=1S/C17H24N4O3S/c1-4-24-17(23)20-7-5-12(6-8-20)21-9-13(22)14(15(21)18)16-19-10(2)11(3)25-16/h12,18,22H,4-9H2,1-3H3. The second-order valence-corrected chi connectivity index (χ2v) is 7.58. The van der Waals surface area contributed by atoms with Crippen LogP contribution in [0.2, 0.25) is 0 Å². The van der Waals surface area contributed by atoms with E-state index in [0.717, 1.165) is 23.4 Å².